The Morgan fingerprint density at radius 3 is 2.95 bits per heavy atom. The zero-order chi connectivity index (χ0) is 14.8. The van der Waals surface area contributed by atoms with E-state index in [-0.39, 0.29) is 29.2 Å². The summed E-state index contributed by atoms with van der Waals surface area (Å²) in [5.41, 5.74) is 0.335. The van der Waals surface area contributed by atoms with Gasteiger partial charge in [-0.05, 0) is 37.1 Å². The first-order valence-corrected chi connectivity index (χ1v) is 6.88. The van der Waals surface area contributed by atoms with Crippen LogP contribution in [-0.4, -0.2) is 27.5 Å². The first kappa shape index (κ1) is 13.8. The summed E-state index contributed by atoms with van der Waals surface area (Å²) in [7, 11) is 0. The van der Waals surface area contributed by atoms with Crippen molar-refractivity contribution in [3.05, 3.63) is 35.3 Å². The lowest BCUT2D eigenvalue weighted by Crippen LogP contribution is -2.33. The Kier molecular flexibility index (Phi) is 3.74. The van der Waals surface area contributed by atoms with Crippen LogP contribution in [0.5, 0.6) is 0 Å². The van der Waals surface area contributed by atoms with Crippen molar-refractivity contribution in [3.8, 4) is 11.4 Å². The molecule has 0 amide bonds. The number of rotatable bonds is 5. The van der Waals surface area contributed by atoms with Gasteiger partial charge in [0.25, 0.3) is 0 Å². The van der Waals surface area contributed by atoms with Gasteiger partial charge in [-0.15, -0.1) is 4.91 Å². The number of ether oxygens (including phenoxy) is 1. The molecule has 0 atom stereocenters. The Morgan fingerprint density at radius 2 is 2.29 bits per heavy atom. The van der Waals surface area contributed by atoms with Crippen LogP contribution >= 0.6 is 0 Å². The summed E-state index contributed by atoms with van der Waals surface area (Å²) in [5.74, 6) is -0.520. The molecular weight excluding hydrogens is 275 g/mol. The lowest BCUT2D eigenvalue weighted by atomic mass is 9.89. The number of nitrogens with zero attached hydrogens (tertiary/aromatic N) is 4. The zero-order valence-electron chi connectivity index (χ0n) is 11.6. The molecule has 1 aliphatic carbocycles. The van der Waals surface area contributed by atoms with E-state index in [1.807, 2.05) is 6.92 Å². The van der Waals surface area contributed by atoms with Crippen molar-refractivity contribution >= 4 is 5.69 Å². The van der Waals surface area contributed by atoms with E-state index in [0.717, 1.165) is 12.8 Å². The summed E-state index contributed by atoms with van der Waals surface area (Å²) in [6, 6.07) is 2.93. The number of halogens is 1. The van der Waals surface area contributed by atoms with Crippen molar-refractivity contribution in [2.75, 3.05) is 6.61 Å². The average molecular weight is 290 g/mol. The van der Waals surface area contributed by atoms with Gasteiger partial charge in [0, 0.05) is 12.8 Å². The smallest absolute Gasteiger partial charge is 0.155 e. The van der Waals surface area contributed by atoms with Gasteiger partial charge in [0.2, 0.25) is 0 Å². The monoisotopic (exact) mass is 290 g/mol. The summed E-state index contributed by atoms with van der Waals surface area (Å²) in [6.45, 7) is 2.64. The molecule has 0 radical (unpaired) electrons. The minimum absolute atomic E-state index is 0.0477. The summed E-state index contributed by atoms with van der Waals surface area (Å²) in [4.78, 5) is 14.9. The van der Waals surface area contributed by atoms with Crippen LogP contribution in [0.25, 0.3) is 11.4 Å². The Labute approximate surface area is 120 Å². The molecule has 0 aliphatic heterocycles. The highest BCUT2D eigenvalue weighted by Gasteiger charge is 2.32. The maximum absolute atomic E-state index is 13.8. The van der Waals surface area contributed by atoms with E-state index in [1.54, 1.807) is 10.9 Å². The quantitative estimate of drug-likeness (QED) is 0.793. The topological polar surface area (TPSA) is 69.4 Å². The normalized spacial score (nSPS) is 21.0. The average Bonchev–Trinajstić information content (AvgIpc) is 2.86. The predicted octanol–water partition coefficient (Wildman–Crippen LogP) is 3.22. The zero-order valence-corrected chi connectivity index (χ0v) is 11.6. The molecule has 3 rings (SSSR count). The van der Waals surface area contributed by atoms with Crippen molar-refractivity contribution in [2.45, 2.75) is 31.9 Å². The fourth-order valence-corrected chi connectivity index (χ4v) is 2.49. The largest absolute Gasteiger partial charge is 0.378 e. The van der Waals surface area contributed by atoms with Crippen LogP contribution in [0, 0.1) is 10.7 Å². The van der Waals surface area contributed by atoms with Gasteiger partial charge in [0.1, 0.15) is 11.4 Å². The molecule has 0 N–H and O–H groups in total. The second-order valence-corrected chi connectivity index (χ2v) is 4.97. The molecule has 1 aliphatic rings. The SMILES string of the molecule is CCO[C@H]1C[C@@H](n2cc(N=O)c(-c3ncccc3F)n2)C1. The van der Waals surface area contributed by atoms with E-state index in [9.17, 15) is 9.30 Å². The lowest BCUT2D eigenvalue weighted by molar-refractivity contribution is -0.0226. The van der Waals surface area contributed by atoms with Crippen LogP contribution in [0.15, 0.2) is 29.7 Å². The first-order valence-electron chi connectivity index (χ1n) is 6.88. The van der Waals surface area contributed by atoms with E-state index in [1.165, 1.54) is 18.3 Å². The highest BCUT2D eigenvalue weighted by Crippen LogP contribution is 2.37. The number of hydrogen-bond donors (Lipinski definition) is 0. The second-order valence-electron chi connectivity index (χ2n) is 4.97. The van der Waals surface area contributed by atoms with Gasteiger partial charge in [0.05, 0.1) is 18.3 Å². The number of hydrogen-bond acceptors (Lipinski definition) is 5. The third-order valence-electron chi connectivity index (χ3n) is 3.64. The van der Waals surface area contributed by atoms with Crippen LogP contribution in [-0.2, 0) is 4.74 Å². The molecule has 0 spiro atoms. The molecule has 0 aromatic carbocycles. The van der Waals surface area contributed by atoms with Gasteiger partial charge >= 0.3 is 0 Å². The van der Waals surface area contributed by atoms with E-state index < -0.39 is 5.82 Å². The van der Waals surface area contributed by atoms with E-state index >= 15 is 0 Å². The molecule has 110 valence electrons. The maximum Gasteiger partial charge on any atom is 0.155 e. The highest BCUT2D eigenvalue weighted by atomic mass is 19.1. The van der Waals surface area contributed by atoms with Crippen LogP contribution in [0.4, 0.5) is 10.1 Å². The van der Waals surface area contributed by atoms with Crippen molar-refractivity contribution in [1.82, 2.24) is 14.8 Å². The molecule has 2 aromatic rings. The Balaban J connectivity index is 1.86. The molecular formula is C14H15FN4O2. The standard InChI is InChI=1S/C14H15FN4O2/c1-2-21-10-6-9(7-10)19-8-12(18-20)14(17-19)13-11(15)4-3-5-16-13/h3-5,8-10H,2,6-7H2,1H3/t9-,10+. The Bertz CT molecular complexity index is 652. The molecule has 0 saturated heterocycles. The van der Waals surface area contributed by atoms with Crippen molar-refractivity contribution in [3.63, 3.8) is 0 Å². The fourth-order valence-electron chi connectivity index (χ4n) is 2.49. The van der Waals surface area contributed by atoms with Gasteiger partial charge < -0.3 is 4.74 Å². The molecule has 7 heteroatoms. The molecule has 2 aromatic heterocycles. The summed E-state index contributed by atoms with van der Waals surface area (Å²) >= 11 is 0. The van der Waals surface area contributed by atoms with Crippen molar-refractivity contribution in [2.24, 2.45) is 5.18 Å². The van der Waals surface area contributed by atoms with E-state index in [0.29, 0.717) is 6.61 Å². The number of pyridine rings is 1. The molecule has 6 nitrogen and oxygen atoms in total. The van der Waals surface area contributed by atoms with Gasteiger partial charge in [-0.3, -0.25) is 9.67 Å². The fraction of sp³-hybridized carbons (Fsp3) is 0.429. The van der Waals surface area contributed by atoms with Gasteiger partial charge in [-0.25, -0.2) is 4.39 Å². The van der Waals surface area contributed by atoms with Gasteiger partial charge in [0.15, 0.2) is 11.5 Å². The first-order chi connectivity index (χ1) is 10.2. The lowest BCUT2D eigenvalue weighted by Gasteiger charge is -2.34. The van der Waals surface area contributed by atoms with Crippen LogP contribution in [0.1, 0.15) is 25.8 Å². The summed E-state index contributed by atoms with van der Waals surface area (Å²) in [5, 5.41) is 7.23. The van der Waals surface area contributed by atoms with Crippen molar-refractivity contribution in [1.29, 1.82) is 0 Å². The van der Waals surface area contributed by atoms with Gasteiger partial charge in [-0.2, -0.15) is 5.10 Å². The highest BCUT2D eigenvalue weighted by molar-refractivity contribution is 5.68. The molecule has 1 fully saturated rings. The van der Waals surface area contributed by atoms with E-state index in [2.05, 4.69) is 15.3 Å². The third kappa shape index (κ3) is 2.56. The maximum atomic E-state index is 13.8. The predicted molar refractivity (Wildman–Crippen MR) is 74.6 cm³/mol. The minimum Gasteiger partial charge on any atom is -0.378 e. The third-order valence-corrected chi connectivity index (χ3v) is 3.64. The Hall–Kier alpha value is -2.15. The van der Waals surface area contributed by atoms with Crippen LogP contribution < -0.4 is 0 Å². The van der Waals surface area contributed by atoms with Gasteiger partial charge in [-0.1, -0.05) is 0 Å². The van der Waals surface area contributed by atoms with Crippen LogP contribution in [0.2, 0.25) is 0 Å². The van der Waals surface area contributed by atoms with Crippen LogP contribution in [0.3, 0.4) is 0 Å². The van der Waals surface area contributed by atoms with E-state index in [4.69, 9.17) is 4.74 Å². The molecule has 0 bridgehead atoms. The summed E-state index contributed by atoms with van der Waals surface area (Å²) < 4.78 is 20.9. The molecule has 2 heterocycles. The molecule has 21 heavy (non-hydrogen) atoms. The molecule has 0 unspecified atom stereocenters. The number of nitroso groups, excluding NO2 is 1. The van der Waals surface area contributed by atoms with Crippen molar-refractivity contribution < 1.29 is 9.13 Å². The number of aromatic nitrogens is 3. The summed E-state index contributed by atoms with van der Waals surface area (Å²) in [6.07, 6.45) is 4.89. The second kappa shape index (κ2) is 5.69. The minimum atomic E-state index is -0.520. The molecule has 1 saturated carbocycles. The Morgan fingerprint density at radius 1 is 1.48 bits per heavy atom.